The van der Waals surface area contributed by atoms with Crippen LogP contribution < -0.4 is 0 Å². The highest BCUT2D eigenvalue weighted by atomic mass is 16.6. The number of ether oxygens (including phenoxy) is 11. The summed E-state index contributed by atoms with van der Waals surface area (Å²) in [7, 11) is 0. The molecule has 0 saturated heterocycles. The van der Waals surface area contributed by atoms with Crippen LogP contribution in [0.2, 0.25) is 0 Å². The summed E-state index contributed by atoms with van der Waals surface area (Å²) < 4.78 is 60.0. The Labute approximate surface area is 344 Å². The number of rotatable bonds is 47. The van der Waals surface area contributed by atoms with Gasteiger partial charge in [0.2, 0.25) is 0 Å². The Bertz CT molecular complexity index is 969. The molecule has 0 aromatic heterocycles. The van der Waals surface area contributed by atoms with Gasteiger partial charge in [-0.15, -0.1) is 0 Å². The highest BCUT2D eigenvalue weighted by Crippen LogP contribution is 2.13. The number of hydrogen-bond donors (Lipinski definition) is 0. The minimum absolute atomic E-state index is 0.0000206. The number of hydrogen-bond acceptors (Lipinski definition) is 13. The fourth-order valence-electron chi connectivity index (χ4n) is 5.45. The summed E-state index contributed by atoms with van der Waals surface area (Å²) in [5, 5.41) is 0. The molecule has 0 N–H and O–H groups in total. The van der Waals surface area contributed by atoms with Crippen LogP contribution in [0.25, 0.3) is 0 Å². The van der Waals surface area contributed by atoms with E-state index in [0.717, 1.165) is 13.0 Å². The molecule has 1 aromatic rings. The molecular weight excluding hydrogens is 736 g/mol. The Morgan fingerprint density at radius 3 is 0.912 bits per heavy atom. The summed E-state index contributed by atoms with van der Waals surface area (Å²) in [4.78, 5) is 23.7. The van der Waals surface area contributed by atoms with Gasteiger partial charge in [0.25, 0.3) is 5.78 Å². The summed E-state index contributed by atoms with van der Waals surface area (Å²) in [6.07, 6.45) is 19.2. The Morgan fingerprint density at radius 2 is 0.596 bits per heavy atom. The molecule has 57 heavy (non-hydrogen) atoms. The lowest BCUT2D eigenvalue weighted by atomic mass is 10.0. The number of unbranched alkanes of at least 4 members (excludes halogenated alkanes) is 13. The van der Waals surface area contributed by atoms with Crippen molar-refractivity contribution in [3.8, 4) is 0 Å². The number of carbonyl (C=O) groups is 2. The predicted octanol–water partition coefficient (Wildman–Crippen LogP) is 7.06. The Hall–Kier alpha value is -2.04. The second-order valence-electron chi connectivity index (χ2n) is 13.6. The summed E-state index contributed by atoms with van der Waals surface area (Å²) in [5.74, 6) is -1.57. The monoisotopic (exact) mass is 815 g/mol. The second-order valence-corrected chi connectivity index (χ2v) is 13.6. The van der Waals surface area contributed by atoms with E-state index < -0.39 is 11.8 Å². The van der Waals surface area contributed by atoms with Gasteiger partial charge in [-0.1, -0.05) is 121 Å². The molecule has 0 unspecified atom stereocenters. The second kappa shape index (κ2) is 45.1. The van der Waals surface area contributed by atoms with Crippen molar-refractivity contribution < 1.29 is 61.7 Å². The zero-order valence-corrected chi connectivity index (χ0v) is 35.4. The van der Waals surface area contributed by atoms with Gasteiger partial charge in [-0.3, -0.25) is 4.79 Å². The van der Waals surface area contributed by atoms with Gasteiger partial charge in [-0.25, -0.2) is 4.79 Å². The molecule has 0 heterocycles. The molecule has 332 valence electrons. The molecule has 0 aliphatic carbocycles. The van der Waals surface area contributed by atoms with Gasteiger partial charge < -0.3 is 52.1 Å². The van der Waals surface area contributed by atoms with Gasteiger partial charge in [-0.05, 0) is 6.42 Å². The maximum atomic E-state index is 11.9. The van der Waals surface area contributed by atoms with Gasteiger partial charge in [0.1, 0.15) is 6.61 Å². The van der Waals surface area contributed by atoms with E-state index in [1.165, 1.54) is 83.5 Å². The van der Waals surface area contributed by atoms with Crippen molar-refractivity contribution in [1.29, 1.82) is 0 Å². The molecule has 0 bridgehead atoms. The lowest BCUT2D eigenvalue weighted by molar-refractivity contribution is -0.139. The Balaban J connectivity index is 1.63. The molecule has 0 amide bonds. The van der Waals surface area contributed by atoms with Crippen molar-refractivity contribution in [2.75, 3.05) is 139 Å². The third-order valence-electron chi connectivity index (χ3n) is 8.67. The van der Waals surface area contributed by atoms with Crippen LogP contribution in [-0.4, -0.2) is 150 Å². The molecule has 0 fully saturated rings. The number of benzene rings is 1. The van der Waals surface area contributed by atoms with Crippen LogP contribution in [0.3, 0.4) is 0 Å². The van der Waals surface area contributed by atoms with Crippen molar-refractivity contribution in [2.24, 2.45) is 0 Å². The van der Waals surface area contributed by atoms with Crippen LogP contribution in [0.5, 0.6) is 0 Å². The lowest BCUT2D eigenvalue weighted by Gasteiger charge is -2.09. The molecule has 13 nitrogen and oxygen atoms in total. The molecule has 0 aliphatic rings. The minimum atomic E-state index is -0.894. The molecule has 0 radical (unpaired) electrons. The zero-order valence-electron chi connectivity index (χ0n) is 35.4. The predicted molar refractivity (Wildman–Crippen MR) is 220 cm³/mol. The summed E-state index contributed by atoms with van der Waals surface area (Å²) in [5.41, 5.74) is 0.298. The first-order chi connectivity index (χ1) is 28.3. The maximum Gasteiger partial charge on any atom is 0.379 e. The van der Waals surface area contributed by atoms with Crippen molar-refractivity contribution in [2.45, 2.75) is 96.8 Å². The van der Waals surface area contributed by atoms with Crippen molar-refractivity contribution in [3.63, 3.8) is 0 Å². The van der Waals surface area contributed by atoms with E-state index >= 15 is 0 Å². The van der Waals surface area contributed by atoms with Crippen LogP contribution in [0, 0.1) is 0 Å². The van der Waals surface area contributed by atoms with Gasteiger partial charge in [0, 0.05) is 12.2 Å². The third kappa shape index (κ3) is 39.2. The molecule has 13 heteroatoms. The highest BCUT2D eigenvalue weighted by Gasteiger charge is 2.17. The maximum absolute atomic E-state index is 11.9. The molecule has 1 aromatic carbocycles. The molecular formula is C44H78O13. The van der Waals surface area contributed by atoms with E-state index in [9.17, 15) is 9.59 Å². The van der Waals surface area contributed by atoms with E-state index in [4.69, 9.17) is 52.1 Å². The van der Waals surface area contributed by atoms with Crippen molar-refractivity contribution in [3.05, 3.63) is 35.9 Å². The quantitative estimate of drug-likeness (QED) is 0.0288. The highest BCUT2D eigenvalue weighted by molar-refractivity contribution is 6.40. The standard InChI is InChI=1S/C44H78O13/c1-2-3-4-5-6-7-8-9-10-11-12-13-14-18-21-47-22-23-48-24-25-49-26-27-50-28-29-51-30-31-52-32-33-53-34-35-54-36-37-55-38-39-56-40-41-57-44(46)43(45)42-19-16-15-17-20-42/h15-17,19-20H,2-14,18,21-41H2,1H3. The van der Waals surface area contributed by atoms with Crippen LogP contribution in [0.15, 0.2) is 30.3 Å². The van der Waals surface area contributed by atoms with E-state index in [2.05, 4.69) is 6.92 Å². The molecule has 0 atom stereocenters. The average molecular weight is 815 g/mol. The first kappa shape index (κ1) is 53.0. The summed E-state index contributed by atoms with van der Waals surface area (Å²) in [6, 6.07) is 8.28. The molecule has 1 rings (SSSR count). The smallest absolute Gasteiger partial charge is 0.379 e. The topological polar surface area (TPSA) is 136 Å². The van der Waals surface area contributed by atoms with Gasteiger partial charge in [0.05, 0.1) is 126 Å². The number of ketones is 1. The minimum Gasteiger partial charge on any atom is -0.457 e. The Morgan fingerprint density at radius 1 is 0.333 bits per heavy atom. The fraction of sp³-hybridized carbons (Fsp3) is 0.818. The zero-order chi connectivity index (χ0) is 40.8. The first-order valence-corrected chi connectivity index (χ1v) is 21.8. The third-order valence-corrected chi connectivity index (χ3v) is 8.67. The van der Waals surface area contributed by atoms with Gasteiger partial charge >= 0.3 is 5.97 Å². The number of carbonyl (C=O) groups excluding carboxylic acids is 2. The molecule has 0 aliphatic heterocycles. The molecule has 0 saturated carbocycles. The SMILES string of the molecule is CCCCCCCCCCCCCCCCOCCOCCOCCOCCOCCOCCOCCOCCOCCOCCOC(=O)C(=O)c1ccccc1. The number of esters is 1. The molecule has 0 spiro atoms. The largest absolute Gasteiger partial charge is 0.457 e. The van der Waals surface area contributed by atoms with Gasteiger partial charge in [0.15, 0.2) is 0 Å². The van der Waals surface area contributed by atoms with Gasteiger partial charge in [-0.2, -0.15) is 0 Å². The number of Topliss-reactive ketones (excluding diaryl/α,β-unsaturated/α-hetero) is 1. The fourth-order valence-corrected chi connectivity index (χ4v) is 5.45. The van der Waals surface area contributed by atoms with E-state index in [1.54, 1.807) is 30.3 Å². The average Bonchev–Trinajstić information content (AvgIpc) is 3.23. The first-order valence-electron chi connectivity index (χ1n) is 21.8. The van der Waals surface area contributed by atoms with Crippen LogP contribution >= 0.6 is 0 Å². The van der Waals surface area contributed by atoms with Crippen LogP contribution in [0.1, 0.15) is 107 Å². The van der Waals surface area contributed by atoms with E-state index in [0.29, 0.717) is 124 Å². The van der Waals surface area contributed by atoms with Crippen LogP contribution in [0.4, 0.5) is 0 Å². The van der Waals surface area contributed by atoms with E-state index in [1.807, 2.05) is 0 Å². The summed E-state index contributed by atoms with van der Waals surface area (Å²) >= 11 is 0. The van der Waals surface area contributed by atoms with Crippen molar-refractivity contribution in [1.82, 2.24) is 0 Å². The van der Waals surface area contributed by atoms with E-state index in [-0.39, 0.29) is 13.2 Å². The normalized spacial score (nSPS) is 11.4. The Kier molecular flexibility index (Phi) is 41.9. The lowest BCUT2D eigenvalue weighted by Crippen LogP contribution is -2.20. The van der Waals surface area contributed by atoms with Crippen molar-refractivity contribution >= 4 is 11.8 Å². The summed E-state index contributed by atoms with van der Waals surface area (Å²) in [6.45, 7) is 12.2. The van der Waals surface area contributed by atoms with Crippen LogP contribution in [-0.2, 0) is 56.9 Å².